The zero-order chi connectivity index (χ0) is 21.3. The summed E-state index contributed by atoms with van der Waals surface area (Å²) in [5.74, 6) is 0.322. The van der Waals surface area contributed by atoms with Gasteiger partial charge in [-0.15, -0.1) is 5.10 Å². The number of hydrogen-bond acceptors (Lipinski definition) is 7. The van der Waals surface area contributed by atoms with Crippen LogP contribution in [0.2, 0.25) is 0 Å². The Morgan fingerprint density at radius 2 is 1.87 bits per heavy atom. The molecule has 0 aliphatic carbocycles. The van der Waals surface area contributed by atoms with E-state index in [0.29, 0.717) is 34.1 Å². The van der Waals surface area contributed by atoms with Gasteiger partial charge in [-0.2, -0.15) is 0 Å². The van der Waals surface area contributed by atoms with Crippen molar-refractivity contribution in [1.29, 1.82) is 0 Å². The predicted molar refractivity (Wildman–Crippen MR) is 110 cm³/mol. The van der Waals surface area contributed by atoms with E-state index in [1.165, 1.54) is 7.11 Å². The summed E-state index contributed by atoms with van der Waals surface area (Å²) in [4.78, 5) is 17.5. The number of ether oxygens (including phenoxy) is 1. The second-order valence-corrected chi connectivity index (χ2v) is 6.68. The predicted octanol–water partition coefficient (Wildman–Crippen LogP) is 3.41. The summed E-state index contributed by atoms with van der Waals surface area (Å²) in [7, 11) is 3.30. The molecule has 9 nitrogen and oxygen atoms in total. The Balaban J connectivity index is 1.66. The molecule has 3 aromatic heterocycles. The molecule has 0 radical (unpaired) electrons. The molecule has 152 valence electrons. The maximum absolute atomic E-state index is 13.1. The average molecular weight is 404 g/mol. The molecule has 0 saturated carbocycles. The van der Waals surface area contributed by atoms with Gasteiger partial charge in [0.25, 0.3) is 5.91 Å². The number of benzene rings is 1. The molecule has 9 heteroatoms. The van der Waals surface area contributed by atoms with Crippen LogP contribution in [0.4, 0.5) is 5.69 Å². The zero-order valence-electron chi connectivity index (χ0n) is 17.0. The molecule has 4 rings (SSSR count). The number of amides is 1. The summed E-state index contributed by atoms with van der Waals surface area (Å²) in [5, 5.41) is 15.0. The zero-order valence-corrected chi connectivity index (χ0v) is 17.0. The maximum Gasteiger partial charge on any atom is 0.261 e. The van der Waals surface area contributed by atoms with Crippen molar-refractivity contribution in [3.63, 3.8) is 0 Å². The molecule has 0 unspecified atom stereocenters. The molecule has 0 atom stereocenters. The van der Waals surface area contributed by atoms with E-state index in [-0.39, 0.29) is 11.8 Å². The van der Waals surface area contributed by atoms with E-state index in [1.807, 2.05) is 44.3 Å². The number of nitrogens with zero attached hydrogens (tertiary/aromatic N) is 5. The van der Waals surface area contributed by atoms with Crippen molar-refractivity contribution in [2.75, 3.05) is 12.4 Å². The van der Waals surface area contributed by atoms with E-state index in [4.69, 9.17) is 9.26 Å². The highest BCUT2D eigenvalue weighted by Crippen LogP contribution is 2.30. The van der Waals surface area contributed by atoms with Crippen molar-refractivity contribution >= 4 is 11.6 Å². The number of aryl methyl sites for hydroxylation is 2. The van der Waals surface area contributed by atoms with Crippen molar-refractivity contribution in [3.05, 3.63) is 59.5 Å². The smallest absolute Gasteiger partial charge is 0.261 e. The van der Waals surface area contributed by atoms with Crippen molar-refractivity contribution in [2.45, 2.75) is 13.8 Å². The molecule has 30 heavy (non-hydrogen) atoms. The Kier molecular flexibility index (Phi) is 5.01. The fourth-order valence-electron chi connectivity index (χ4n) is 3.08. The standard InChI is InChI=1S/C21H20N6O3/c1-12-18(24-26-27(12)3)15-10-11-16(21(23-15)29-4)22-20(28)17-13(2)30-25-19(17)14-8-6-5-7-9-14/h5-11H,1-4H3,(H,22,28). The number of nitrogens with one attached hydrogen (secondary N) is 1. The van der Waals surface area contributed by atoms with Gasteiger partial charge < -0.3 is 14.6 Å². The monoisotopic (exact) mass is 404 g/mol. The minimum absolute atomic E-state index is 0.265. The lowest BCUT2D eigenvalue weighted by Gasteiger charge is -2.11. The van der Waals surface area contributed by atoms with Gasteiger partial charge in [-0.25, -0.2) is 4.98 Å². The highest BCUT2D eigenvalue weighted by molar-refractivity contribution is 6.09. The van der Waals surface area contributed by atoms with E-state index >= 15 is 0 Å². The van der Waals surface area contributed by atoms with Crippen molar-refractivity contribution < 1.29 is 14.1 Å². The number of methoxy groups -OCH3 is 1. The third kappa shape index (κ3) is 3.41. The Bertz CT molecular complexity index is 1210. The summed E-state index contributed by atoms with van der Waals surface area (Å²) in [6.07, 6.45) is 0. The van der Waals surface area contributed by atoms with Gasteiger partial charge in [-0.1, -0.05) is 40.7 Å². The number of aromatic nitrogens is 5. The maximum atomic E-state index is 13.1. The largest absolute Gasteiger partial charge is 0.479 e. The molecule has 0 aliphatic heterocycles. The Labute approximate surface area is 172 Å². The molecule has 4 aromatic rings. The lowest BCUT2D eigenvalue weighted by molar-refractivity contribution is 0.102. The summed E-state index contributed by atoms with van der Waals surface area (Å²) >= 11 is 0. The lowest BCUT2D eigenvalue weighted by atomic mass is 10.1. The van der Waals surface area contributed by atoms with Crippen LogP contribution in [0, 0.1) is 13.8 Å². The van der Waals surface area contributed by atoms with Crippen LogP contribution in [0.5, 0.6) is 5.88 Å². The average Bonchev–Trinajstić information content (AvgIpc) is 3.31. The highest BCUT2D eigenvalue weighted by Gasteiger charge is 2.23. The van der Waals surface area contributed by atoms with E-state index in [9.17, 15) is 4.79 Å². The van der Waals surface area contributed by atoms with Gasteiger partial charge in [0.2, 0.25) is 5.88 Å². The Morgan fingerprint density at radius 1 is 1.10 bits per heavy atom. The number of hydrogen-bond donors (Lipinski definition) is 1. The number of pyridine rings is 1. The van der Waals surface area contributed by atoms with E-state index in [2.05, 4.69) is 25.8 Å². The van der Waals surface area contributed by atoms with Gasteiger partial charge in [-0.05, 0) is 26.0 Å². The SMILES string of the molecule is COc1nc(-c2nnn(C)c2C)ccc1NC(=O)c1c(-c2ccccc2)noc1C. The van der Waals surface area contributed by atoms with Crippen LogP contribution in [-0.4, -0.2) is 38.2 Å². The van der Waals surface area contributed by atoms with Gasteiger partial charge in [0.15, 0.2) is 0 Å². The van der Waals surface area contributed by atoms with Crippen LogP contribution in [0.25, 0.3) is 22.6 Å². The number of rotatable bonds is 5. The third-order valence-electron chi connectivity index (χ3n) is 4.79. The normalized spacial score (nSPS) is 10.8. The molecular weight excluding hydrogens is 384 g/mol. The van der Waals surface area contributed by atoms with Crippen LogP contribution < -0.4 is 10.1 Å². The first-order chi connectivity index (χ1) is 14.5. The minimum atomic E-state index is -0.365. The summed E-state index contributed by atoms with van der Waals surface area (Å²) in [6, 6.07) is 12.9. The van der Waals surface area contributed by atoms with Crippen molar-refractivity contribution in [2.24, 2.45) is 7.05 Å². The first kappa shape index (κ1) is 19.3. The lowest BCUT2D eigenvalue weighted by Crippen LogP contribution is -2.14. The van der Waals surface area contributed by atoms with Crippen molar-refractivity contribution in [1.82, 2.24) is 25.1 Å². The van der Waals surface area contributed by atoms with Gasteiger partial charge in [0.05, 0.1) is 18.5 Å². The van der Waals surface area contributed by atoms with E-state index in [1.54, 1.807) is 23.7 Å². The summed E-state index contributed by atoms with van der Waals surface area (Å²) < 4.78 is 12.3. The first-order valence-corrected chi connectivity index (χ1v) is 9.24. The number of carbonyl (C=O) groups excluding carboxylic acids is 1. The molecule has 0 saturated heterocycles. The number of anilines is 1. The molecule has 1 N–H and O–H groups in total. The van der Waals surface area contributed by atoms with Gasteiger partial charge in [0, 0.05) is 12.6 Å². The van der Waals surface area contributed by atoms with E-state index in [0.717, 1.165) is 11.3 Å². The Morgan fingerprint density at radius 3 is 2.53 bits per heavy atom. The van der Waals surface area contributed by atoms with Gasteiger partial charge >= 0.3 is 0 Å². The number of carbonyl (C=O) groups is 1. The first-order valence-electron chi connectivity index (χ1n) is 9.24. The molecule has 1 aromatic carbocycles. The van der Waals surface area contributed by atoms with Crippen LogP contribution >= 0.6 is 0 Å². The van der Waals surface area contributed by atoms with Crippen LogP contribution in [0.1, 0.15) is 21.8 Å². The second kappa shape index (κ2) is 7.78. The molecule has 0 bridgehead atoms. The van der Waals surface area contributed by atoms with Gasteiger partial charge in [-0.3, -0.25) is 9.48 Å². The third-order valence-corrected chi connectivity index (χ3v) is 4.79. The molecule has 0 fully saturated rings. The molecule has 0 spiro atoms. The van der Waals surface area contributed by atoms with E-state index < -0.39 is 0 Å². The van der Waals surface area contributed by atoms with Crippen LogP contribution in [-0.2, 0) is 7.05 Å². The molecule has 0 aliphatic rings. The fraction of sp³-hybridized carbons (Fsp3) is 0.190. The highest BCUT2D eigenvalue weighted by atomic mass is 16.5. The fourth-order valence-corrected chi connectivity index (χ4v) is 3.08. The molecule has 3 heterocycles. The quantitative estimate of drug-likeness (QED) is 0.543. The summed E-state index contributed by atoms with van der Waals surface area (Å²) in [5.41, 5.74) is 4.16. The van der Waals surface area contributed by atoms with Crippen molar-refractivity contribution in [3.8, 4) is 28.5 Å². The van der Waals surface area contributed by atoms with Gasteiger partial charge in [0.1, 0.15) is 28.4 Å². The summed E-state index contributed by atoms with van der Waals surface area (Å²) in [6.45, 7) is 3.60. The molecule has 1 amide bonds. The second-order valence-electron chi connectivity index (χ2n) is 6.68. The van der Waals surface area contributed by atoms with Crippen LogP contribution in [0.15, 0.2) is 47.0 Å². The topological polar surface area (TPSA) is 108 Å². The Hall–Kier alpha value is -4.01. The van der Waals surface area contributed by atoms with Crippen LogP contribution in [0.3, 0.4) is 0 Å². The molecular formula is C21H20N6O3. The minimum Gasteiger partial charge on any atom is -0.479 e.